The van der Waals surface area contributed by atoms with Crippen LogP contribution in [0.5, 0.6) is 5.75 Å². The maximum Gasteiger partial charge on any atom is 0.225 e. The number of carbonyl (C=O) groups excluding carboxylic acids is 1. The molecular weight excluding hydrogens is 334 g/mol. The van der Waals surface area contributed by atoms with E-state index in [0.29, 0.717) is 0 Å². The van der Waals surface area contributed by atoms with Crippen molar-refractivity contribution in [2.24, 2.45) is 5.92 Å². The van der Waals surface area contributed by atoms with Crippen molar-refractivity contribution in [1.82, 2.24) is 14.8 Å². The van der Waals surface area contributed by atoms with Crippen LogP contribution in [0.4, 0.5) is 0 Å². The Morgan fingerprint density at radius 2 is 2.04 bits per heavy atom. The summed E-state index contributed by atoms with van der Waals surface area (Å²) in [6.07, 6.45) is 0. The first-order valence-corrected chi connectivity index (χ1v) is 9.54. The van der Waals surface area contributed by atoms with Crippen LogP contribution in [0.3, 0.4) is 0 Å². The summed E-state index contributed by atoms with van der Waals surface area (Å²) in [5, 5.41) is 3.14. The van der Waals surface area contributed by atoms with E-state index in [1.54, 1.807) is 18.4 Å². The van der Waals surface area contributed by atoms with E-state index in [4.69, 9.17) is 9.72 Å². The number of methoxy groups -OCH3 is 1. The average Bonchev–Trinajstić information content (AvgIpc) is 3.10. The summed E-state index contributed by atoms with van der Waals surface area (Å²) in [6, 6.07) is 8.00. The molecule has 1 amide bonds. The van der Waals surface area contributed by atoms with Gasteiger partial charge >= 0.3 is 0 Å². The van der Waals surface area contributed by atoms with Gasteiger partial charge in [-0.05, 0) is 12.1 Å². The Labute approximate surface area is 153 Å². The van der Waals surface area contributed by atoms with Gasteiger partial charge in [-0.15, -0.1) is 11.3 Å². The predicted octanol–water partition coefficient (Wildman–Crippen LogP) is 3.12. The molecule has 1 fully saturated rings. The van der Waals surface area contributed by atoms with Crippen molar-refractivity contribution in [2.75, 3.05) is 33.3 Å². The van der Waals surface area contributed by atoms with Gasteiger partial charge in [0.15, 0.2) is 0 Å². The molecule has 1 aromatic carbocycles. The van der Waals surface area contributed by atoms with Gasteiger partial charge < -0.3 is 9.64 Å². The Morgan fingerprint density at radius 1 is 1.28 bits per heavy atom. The van der Waals surface area contributed by atoms with Gasteiger partial charge in [-0.1, -0.05) is 26.0 Å². The van der Waals surface area contributed by atoms with Gasteiger partial charge in [0.2, 0.25) is 5.91 Å². The standard InChI is InChI=1S/C19H25N3O2S/c1-14(2)19(23)22-9-7-21(8-10-22)12-16-13-25-18(20-16)15-5-4-6-17(11-15)24-3/h4-6,11,13-14H,7-10,12H2,1-3H3. The molecule has 1 saturated heterocycles. The second-order valence-electron chi connectivity index (χ2n) is 6.63. The number of piperazine rings is 1. The van der Waals surface area contributed by atoms with Crippen LogP contribution in [-0.4, -0.2) is 54.0 Å². The van der Waals surface area contributed by atoms with Crippen molar-refractivity contribution < 1.29 is 9.53 Å². The van der Waals surface area contributed by atoms with Crippen LogP contribution < -0.4 is 4.74 Å². The lowest BCUT2D eigenvalue weighted by Gasteiger charge is -2.35. The summed E-state index contributed by atoms with van der Waals surface area (Å²) in [6.45, 7) is 8.20. The third kappa shape index (κ3) is 4.38. The summed E-state index contributed by atoms with van der Waals surface area (Å²) in [4.78, 5) is 21.2. The summed E-state index contributed by atoms with van der Waals surface area (Å²) in [5.41, 5.74) is 2.18. The number of rotatable bonds is 5. The zero-order chi connectivity index (χ0) is 17.8. The Hall–Kier alpha value is -1.92. The molecule has 0 bridgehead atoms. The molecular formula is C19H25N3O2S. The molecule has 0 aliphatic carbocycles. The van der Waals surface area contributed by atoms with E-state index in [-0.39, 0.29) is 11.8 Å². The smallest absolute Gasteiger partial charge is 0.225 e. The lowest BCUT2D eigenvalue weighted by Crippen LogP contribution is -2.49. The molecule has 1 aromatic heterocycles. The first kappa shape index (κ1) is 17.9. The molecule has 0 atom stereocenters. The van der Waals surface area contributed by atoms with Crippen molar-refractivity contribution in [1.29, 1.82) is 0 Å². The van der Waals surface area contributed by atoms with Crippen molar-refractivity contribution in [3.05, 3.63) is 35.3 Å². The van der Waals surface area contributed by atoms with E-state index in [1.165, 1.54) is 0 Å². The Kier molecular flexibility index (Phi) is 5.71. The number of thiazole rings is 1. The van der Waals surface area contributed by atoms with Crippen molar-refractivity contribution >= 4 is 17.2 Å². The number of hydrogen-bond donors (Lipinski definition) is 0. The fourth-order valence-corrected chi connectivity index (χ4v) is 3.80. The topological polar surface area (TPSA) is 45.7 Å². The SMILES string of the molecule is COc1cccc(-c2nc(CN3CCN(C(=O)C(C)C)CC3)cs2)c1. The average molecular weight is 359 g/mol. The van der Waals surface area contributed by atoms with Crippen LogP contribution in [0.25, 0.3) is 10.6 Å². The highest BCUT2D eigenvalue weighted by molar-refractivity contribution is 7.13. The van der Waals surface area contributed by atoms with E-state index in [1.807, 2.05) is 36.9 Å². The number of ether oxygens (including phenoxy) is 1. The number of aromatic nitrogens is 1. The first-order chi connectivity index (χ1) is 12.1. The number of hydrogen-bond acceptors (Lipinski definition) is 5. The van der Waals surface area contributed by atoms with Crippen molar-refractivity contribution in [3.8, 4) is 16.3 Å². The van der Waals surface area contributed by atoms with Crippen LogP contribution in [0.1, 0.15) is 19.5 Å². The van der Waals surface area contributed by atoms with Crippen molar-refractivity contribution in [2.45, 2.75) is 20.4 Å². The highest BCUT2D eigenvalue weighted by Crippen LogP contribution is 2.27. The molecule has 3 rings (SSSR count). The van der Waals surface area contributed by atoms with E-state index >= 15 is 0 Å². The van der Waals surface area contributed by atoms with E-state index < -0.39 is 0 Å². The number of carbonyl (C=O) groups is 1. The molecule has 2 heterocycles. The zero-order valence-electron chi connectivity index (χ0n) is 15.1. The fraction of sp³-hybridized carbons (Fsp3) is 0.474. The van der Waals surface area contributed by atoms with E-state index in [0.717, 1.165) is 54.7 Å². The molecule has 1 aliphatic heterocycles. The lowest BCUT2D eigenvalue weighted by molar-refractivity contribution is -0.136. The number of amides is 1. The van der Waals surface area contributed by atoms with E-state index in [2.05, 4.69) is 16.3 Å². The third-order valence-electron chi connectivity index (χ3n) is 4.43. The van der Waals surface area contributed by atoms with Gasteiger partial charge in [0.25, 0.3) is 0 Å². The van der Waals surface area contributed by atoms with Crippen LogP contribution in [0.15, 0.2) is 29.6 Å². The molecule has 0 unspecified atom stereocenters. The highest BCUT2D eigenvalue weighted by Gasteiger charge is 2.23. The van der Waals surface area contributed by atoms with Gasteiger partial charge in [0.1, 0.15) is 10.8 Å². The maximum absolute atomic E-state index is 12.1. The summed E-state index contributed by atoms with van der Waals surface area (Å²) in [7, 11) is 1.68. The molecule has 0 spiro atoms. The molecule has 0 radical (unpaired) electrons. The van der Waals surface area contributed by atoms with Crippen molar-refractivity contribution in [3.63, 3.8) is 0 Å². The maximum atomic E-state index is 12.1. The van der Waals surface area contributed by atoms with Gasteiger partial charge in [-0.2, -0.15) is 0 Å². The molecule has 2 aromatic rings. The van der Waals surface area contributed by atoms with Gasteiger partial charge in [0, 0.05) is 49.6 Å². The summed E-state index contributed by atoms with van der Waals surface area (Å²) in [5.74, 6) is 1.18. The Balaban J connectivity index is 1.58. The third-order valence-corrected chi connectivity index (χ3v) is 5.37. The number of nitrogens with zero attached hydrogens (tertiary/aromatic N) is 3. The molecule has 134 valence electrons. The minimum atomic E-state index is 0.0792. The fourth-order valence-electron chi connectivity index (χ4n) is 2.99. The molecule has 0 saturated carbocycles. The van der Waals surface area contributed by atoms with Crippen LogP contribution in [0.2, 0.25) is 0 Å². The second kappa shape index (κ2) is 7.97. The molecule has 6 heteroatoms. The minimum absolute atomic E-state index is 0.0792. The van der Waals surface area contributed by atoms with Gasteiger partial charge in [0.05, 0.1) is 12.8 Å². The zero-order valence-corrected chi connectivity index (χ0v) is 15.9. The second-order valence-corrected chi connectivity index (χ2v) is 7.49. The quantitative estimate of drug-likeness (QED) is 0.823. The monoisotopic (exact) mass is 359 g/mol. The Morgan fingerprint density at radius 3 is 2.72 bits per heavy atom. The van der Waals surface area contributed by atoms with Gasteiger partial charge in [-0.3, -0.25) is 9.69 Å². The van der Waals surface area contributed by atoms with Gasteiger partial charge in [-0.25, -0.2) is 4.98 Å². The minimum Gasteiger partial charge on any atom is -0.497 e. The summed E-state index contributed by atoms with van der Waals surface area (Å²) >= 11 is 1.66. The summed E-state index contributed by atoms with van der Waals surface area (Å²) < 4.78 is 5.29. The molecule has 0 N–H and O–H groups in total. The van der Waals surface area contributed by atoms with Crippen LogP contribution in [0, 0.1) is 5.92 Å². The lowest BCUT2D eigenvalue weighted by atomic mass is 10.1. The highest BCUT2D eigenvalue weighted by atomic mass is 32.1. The predicted molar refractivity (Wildman–Crippen MR) is 101 cm³/mol. The molecule has 1 aliphatic rings. The molecule has 25 heavy (non-hydrogen) atoms. The normalized spacial score (nSPS) is 15.6. The number of benzene rings is 1. The van der Waals surface area contributed by atoms with Crippen LogP contribution >= 0.6 is 11.3 Å². The van der Waals surface area contributed by atoms with Crippen LogP contribution in [-0.2, 0) is 11.3 Å². The molecule has 5 nitrogen and oxygen atoms in total. The first-order valence-electron chi connectivity index (χ1n) is 8.67. The van der Waals surface area contributed by atoms with E-state index in [9.17, 15) is 4.79 Å². The largest absolute Gasteiger partial charge is 0.497 e. The Bertz CT molecular complexity index is 721.